The SMILES string of the molecule is O=S(=O)(c1ccccc1)N(c1cc[nH]c1)C(F)(F)F. The lowest BCUT2D eigenvalue weighted by Gasteiger charge is -2.25. The van der Waals surface area contributed by atoms with Gasteiger partial charge in [0, 0.05) is 12.4 Å². The fourth-order valence-electron chi connectivity index (χ4n) is 1.56. The van der Waals surface area contributed by atoms with Crippen LogP contribution in [0.15, 0.2) is 53.7 Å². The molecule has 8 heteroatoms. The van der Waals surface area contributed by atoms with Gasteiger partial charge in [-0.3, -0.25) is 0 Å². The van der Waals surface area contributed by atoms with Gasteiger partial charge in [-0.15, -0.1) is 13.2 Å². The Balaban J connectivity index is 2.57. The van der Waals surface area contributed by atoms with E-state index in [9.17, 15) is 21.6 Å². The highest BCUT2D eigenvalue weighted by molar-refractivity contribution is 7.92. The number of halogens is 3. The molecule has 0 atom stereocenters. The summed E-state index contributed by atoms with van der Waals surface area (Å²) in [6.45, 7) is 0. The Kier molecular flexibility index (Phi) is 3.27. The van der Waals surface area contributed by atoms with Crippen LogP contribution in [-0.2, 0) is 10.0 Å². The maximum absolute atomic E-state index is 13.0. The third-order valence-electron chi connectivity index (χ3n) is 2.33. The van der Waals surface area contributed by atoms with Crippen molar-refractivity contribution in [2.75, 3.05) is 4.31 Å². The zero-order chi connectivity index (χ0) is 14.1. The summed E-state index contributed by atoms with van der Waals surface area (Å²) >= 11 is 0. The van der Waals surface area contributed by atoms with Crippen LogP contribution in [-0.4, -0.2) is 19.7 Å². The van der Waals surface area contributed by atoms with Crippen LogP contribution in [0.3, 0.4) is 0 Å². The molecule has 0 fully saturated rings. The van der Waals surface area contributed by atoms with Gasteiger partial charge < -0.3 is 4.98 Å². The van der Waals surface area contributed by atoms with Crippen LogP contribution in [0.5, 0.6) is 0 Å². The van der Waals surface area contributed by atoms with E-state index in [-0.39, 0.29) is 0 Å². The van der Waals surface area contributed by atoms with Crippen LogP contribution >= 0.6 is 0 Å². The van der Waals surface area contributed by atoms with E-state index in [1.807, 2.05) is 0 Å². The number of H-pyrrole nitrogens is 1. The summed E-state index contributed by atoms with van der Waals surface area (Å²) < 4.78 is 62.6. The molecule has 0 aliphatic heterocycles. The van der Waals surface area contributed by atoms with E-state index in [0.29, 0.717) is 0 Å². The molecule has 0 spiro atoms. The summed E-state index contributed by atoms with van der Waals surface area (Å²) in [5, 5.41) is 0. The Morgan fingerprint density at radius 2 is 1.68 bits per heavy atom. The predicted octanol–water partition coefficient (Wildman–Crippen LogP) is 2.73. The average molecular weight is 290 g/mol. The van der Waals surface area contributed by atoms with Crippen molar-refractivity contribution in [1.82, 2.24) is 4.98 Å². The number of hydrogen-bond donors (Lipinski definition) is 1. The minimum absolute atomic E-state index is 0.423. The standard InChI is InChI=1S/C11H9F3N2O2S/c12-11(13,14)16(9-6-7-15-8-9)19(17,18)10-4-2-1-3-5-10/h1-8,15H. The fourth-order valence-corrected chi connectivity index (χ4v) is 2.94. The molecule has 0 saturated carbocycles. The molecule has 4 nitrogen and oxygen atoms in total. The second-order valence-corrected chi connectivity index (χ2v) is 5.41. The third kappa shape index (κ3) is 2.58. The normalized spacial score (nSPS) is 12.4. The molecule has 0 saturated heterocycles. The number of hydrogen-bond acceptors (Lipinski definition) is 2. The van der Waals surface area contributed by atoms with Crippen molar-refractivity contribution in [3.63, 3.8) is 0 Å². The topological polar surface area (TPSA) is 53.2 Å². The van der Waals surface area contributed by atoms with Crippen LogP contribution in [0.25, 0.3) is 0 Å². The number of rotatable bonds is 3. The van der Waals surface area contributed by atoms with Crippen LogP contribution in [0.1, 0.15) is 0 Å². The van der Waals surface area contributed by atoms with Gasteiger partial charge in [0.25, 0.3) is 10.0 Å². The van der Waals surface area contributed by atoms with Gasteiger partial charge in [-0.1, -0.05) is 18.2 Å². The lowest BCUT2D eigenvalue weighted by atomic mass is 10.4. The first-order chi connectivity index (χ1) is 8.83. The van der Waals surface area contributed by atoms with Crippen LogP contribution in [0, 0.1) is 0 Å². The zero-order valence-electron chi connectivity index (χ0n) is 9.42. The zero-order valence-corrected chi connectivity index (χ0v) is 10.2. The summed E-state index contributed by atoms with van der Waals surface area (Å²) in [6, 6.07) is 7.50. The van der Waals surface area contributed by atoms with Gasteiger partial charge in [0.15, 0.2) is 0 Å². The van der Waals surface area contributed by atoms with E-state index in [0.717, 1.165) is 24.4 Å². The monoisotopic (exact) mass is 290 g/mol. The maximum atomic E-state index is 13.0. The first-order valence-corrected chi connectivity index (χ1v) is 6.57. The van der Waals surface area contributed by atoms with Crippen molar-refractivity contribution >= 4 is 15.7 Å². The second kappa shape index (κ2) is 4.61. The quantitative estimate of drug-likeness (QED) is 0.884. The highest BCUT2D eigenvalue weighted by Crippen LogP contribution is 2.34. The van der Waals surface area contributed by atoms with Crippen molar-refractivity contribution in [2.45, 2.75) is 11.2 Å². The number of aromatic nitrogens is 1. The highest BCUT2D eigenvalue weighted by Gasteiger charge is 2.46. The molecule has 0 aliphatic rings. The summed E-state index contributed by atoms with van der Waals surface area (Å²) in [7, 11) is -4.69. The summed E-state index contributed by atoms with van der Waals surface area (Å²) in [6.07, 6.45) is -2.86. The fraction of sp³-hybridized carbons (Fsp3) is 0.0909. The molecule has 1 N–H and O–H groups in total. The van der Waals surface area contributed by atoms with E-state index in [4.69, 9.17) is 0 Å². The molecule has 1 heterocycles. The molecule has 19 heavy (non-hydrogen) atoms. The minimum Gasteiger partial charge on any atom is -0.366 e. The van der Waals surface area contributed by atoms with Gasteiger partial charge >= 0.3 is 6.30 Å². The summed E-state index contributed by atoms with van der Waals surface area (Å²) in [4.78, 5) is 1.98. The number of aromatic amines is 1. The highest BCUT2D eigenvalue weighted by atomic mass is 32.2. The Morgan fingerprint density at radius 3 is 2.16 bits per heavy atom. The Labute approximate surface area is 107 Å². The van der Waals surface area contributed by atoms with Gasteiger partial charge in [-0.25, -0.2) is 8.42 Å². The van der Waals surface area contributed by atoms with Gasteiger partial charge in [0.05, 0.1) is 10.6 Å². The lowest BCUT2D eigenvalue weighted by molar-refractivity contribution is -0.115. The van der Waals surface area contributed by atoms with Crippen LogP contribution < -0.4 is 4.31 Å². The summed E-state index contributed by atoms with van der Waals surface area (Å²) in [5.41, 5.74) is -0.489. The first-order valence-electron chi connectivity index (χ1n) is 5.13. The predicted molar refractivity (Wildman–Crippen MR) is 63.0 cm³/mol. The molecule has 0 radical (unpaired) electrons. The molecule has 0 aliphatic carbocycles. The molecule has 1 aromatic heterocycles. The average Bonchev–Trinajstić information content (AvgIpc) is 2.81. The Bertz CT molecular complexity index is 636. The molecular formula is C11H9F3N2O2S. The Morgan fingerprint density at radius 1 is 1.05 bits per heavy atom. The third-order valence-corrected chi connectivity index (χ3v) is 4.09. The van der Waals surface area contributed by atoms with Crippen molar-refractivity contribution in [3.05, 3.63) is 48.8 Å². The van der Waals surface area contributed by atoms with E-state index in [1.54, 1.807) is 0 Å². The number of nitrogens with zero attached hydrogens (tertiary/aromatic N) is 1. The summed E-state index contributed by atoms with van der Waals surface area (Å²) in [5.74, 6) is 0. The van der Waals surface area contributed by atoms with Gasteiger partial charge in [0.2, 0.25) is 0 Å². The van der Waals surface area contributed by atoms with E-state index in [2.05, 4.69) is 4.98 Å². The van der Waals surface area contributed by atoms with Crippen LogP contribution in [0.4, 0.5) is 18.9 Å². The second-order valence-electron chi connectivity index (χ2n) is 3.62. The molecular weight excluding hydrogens is 281 g/mol. The smallest absolute Gasteiger partial charge is 0.366 e. The molecule has 0 unspecified atom stereocenters. The van der Waals surface area contributed by atoms with Crippen molar-refractivity contribution in [1.29, 1.82) is 0 Å². The molecule has 0 bridgehead atoms. The molecule has 2 aromatic rings. The van der Waals surface area contributed by atoms with Crippen LogP contribution in [0.2, 0.25) is 0 Å². The van der Waals surface area contributed by atoms with Crippen molar-refractivity contribution in [2.24, 2.45) is 0 Å². The number of sulfonamides is 1. The number of benzene rings is 1. The van der Waals surface area contributed by atoms with E-state index in [1.165, 1.54) is 24.4 Å². The maximum Gasteiger partial charge on any atom is 0.498 e. The lowest BCUT2D eigenvalue weighted by Crippen LogP contribution is -2.42. The Hall–Kier alpha value is -1.96. The van der Waals surface area contributed by atoms with Crippen molar-refractivity contribution in [3.8, 4) is 0 Å². The minimum atomic E-state index is -5.04. The molecule has 102 valence electrons. The van der Waals surface area contributed by atoms with E-state index >= 15 is 0 Å². The van der Waals surface area contributed by atoms with Gasteiger partial charge in [0.1, 0.15) is 0 Å². The molecule has 0 amide bonds. The van der Waals surface area contributed by atoms with Crippen molar-refractivity contribution < 1.29 is 21.6 Å². The van der Waals surface area contributed by atoms with Gasteiger partial charge in [-0.05, 0) is 18.2 Å². The number of alkyl halides is 3. The van der Waals surface area contributed by atoms with Gasteiger partial charge in [-0.2, -0.15) is 4.31 Å². The number of anilines is 1. The largest absolute Gasteiger partial charge is 0.498 e. The molecule has 1 aromatic carbocycles. The first kappa shape index (κ1) is 13.5. The van der Waals surface area contributed by atoms with E-state index < -0.39 is 31.2 Å². The number of nitrogens with one attached hydrogen (secondary N) is 1. The molecule has 2 rings (SSSR count).